The third-order valence-corrected chi connectivity index (χ3v) is 0.929. The van der Waals surface area contributed by atoms with E-state index in [-0.39, 0.29) is 0 Å². The van der Waals surface area contributed by atoms with Gasteiger partial charge in [0.2, 0.25) is 0 Å². The molecule has 0 spiro atoms. The summed E-state index contributed by atoms with van der Waals surface area (Å²) in [5.41, 5.74) is 0. The Morgan fingerprint density at radius 3 is 2.67 bits per heavy atom. The summed E-state index contributed by atoms with van der Waals surface area (Å²) in [5.74, 6) is 0.833. The fraction of sp³-hybridized carbons (Fsp3) is 0.250. The first-order valence-electron chi connectivity index (χ1n) is 2.93. The van der Waals surface area contributed by atoms with Gasteiger partial charge in [0.15, 0.2) is 0 Å². The van der Waals surface area contributed by atoms with Gasteiger partial charge in [0, 0.05) is 0 Å². The van der Waals surface area contributed by atoms with E-state index in [0.717, 1.165) is 5.75 Å². The van der Waals surface area contributed by atoms with Gasteiger partial charge in [-0.25, -0.2) is 0 Å². The summed E-state index contributed by atoms with van der Waals surface area (Å²) < 4.78 is 5.14. The van der Waals surface area contributed by atoms with Crippen molar-refractivity contribution >= 4 is 0 Å². The van der Waals surface area contributed by atoms with Crippen LogP contribution in [-0.2, 0) is 0 Å². The summed E-state index contributed by atoms with van der Waals surface area (Å²) >= 11 is 0. The monoisotopic (exact) mass is 120 g/mol. The van der Waals surface area contributed by atoms with Gasteiger partial charge >= 0.3 is 0 Å². The highest BCUT2D eigenvalue weighted by atomic mass is 16.5. The zero-order valence-electron chi connectivity index (χ0n) is 5.35. The van der Waals surface area contributed by atoms with Crippen LogP contribution in [0.5, 0.6) is 5.75 Å². The molecule has 0 atom stereocenters. The van der Waals surface area contributed by atoms with Crippen LogP contribution in [0.3, 0.4) is 0 Å². The molecule has 0 heterocycles. The molecule has 46 valence electrons. The molecule has 1 heteroatoms. The van der Waals surface area contributed by atoms with Crippen LogP contribution in [-0.4, -0.2) is 6.61 Å². The van der Waals surface area contributed by atoms with E-state index in [1.807, 2.05) is 6.92 Å². The molecule has 0 aliphatic rings. The van der Waals surface area contributed by atoms with Crippen molar-refractivity contribution in [2.24, 2.45) is 0 Å². The lowest BCUT2D eigenvalue weighted by atomic mass is 10.3. The zero-order chi connectivity index (χ0) is 6.53. The molecule has 0 saturated heterocycles. The molecule has 0 aromatic heterocycles. The quantitative estimate of drug-likeness (QED) is 0.577. The second-order valence-electron chi connectivity index (χ2n) is 1.60. The number of hydrogen-bond donors (Lipinski definition) is 0. The Balaban J connectivity index is 2.61. The minimum Gasteiger partial charge on any atom is -0.494 e. The van der Waals surface area contributed by atoms with Gasteiger partial charge in [-0.2, -0.15) is 0 Å². The average Bonchev–Trinajstić information content (AvgIpc) is 1.91. The van der Waals surface area contributed by atoms with Crippen LogP contribution in [0.2, 0.25) is 0 Å². The minimum atomic E-state index is 0.700. The summed E-state index contributed by atoms with van der Waals surface area (Å²) in [5, 5.41) is 0. The summed E-state index contributed by atoms with van der Waals surface area (Å²) in [6, 6.07) is 11.0. The Hall–Kier alpha value is -0.980. The largest absolute Gasteiger partial charge is 0.494 e. The smallest absolute Gasteiger partial charge is 0.120 e. The Morgan fingerprint density at radius 1 is 1.44 bits per heavy atom. The van der Waals surface area contributed by atoms with Gasteiger partial charge < -0.3 is 4.74 Å². The molecule has 0 fully saturated rings. The molecule has 9 heavy (non-hydrogen) atoms. The normalized spacial score (nSPS) is 9.00. The minimum absolute atomic E-state index is 0.700. The maximum absolute atomic E-state index is 5.14. The highest BCUT2D eigenvalue weighted by molar-refractivity contribution is 5.18. The maximum Gasteiger partial charge on any atom is 0.120 e. The van der Waals surface area contributed by atoms with Crippen molar-refractivity contribution in [2.75, 3.05) is 6.61 Å². The van der Waals surface area contributed by atoms with Crippen molar-refractivity contribution < 1.29 is 4.74 Å². The zero-order valence-corrected chi connectivity index (χ0v) is 5.35. The van der Waals surface area contributed by atoms with E-state index in [4.69, 9.17) is 4.74 Å². The fourth-order valence-corrected chi connectivity index (χ4v) is 0.587. The Kier molecular flexibility index (Phi) is 2.13. The lowest BCUT2D eigenvalue weighted by molar-refractivity contribution is 0.340. The van der Waals surface area contributed by atoms with Gasteiger partial charge in [0.1, 0.15) is 5.75 Å². The van der Waals surface area contributed by atoms with Crippen molar-refractivity contribution in [3.63, 3.8) is 0 Å². The Morgan fingerprint density at radius 2 is 2.11 bits per heavy atom. The molecule has 0 aliphatic carbocycles. The first kappa shape index (κ1) is 6.14. The van der Waals surface area contributed by atoms with Crippen LogP contribution in [0.15, 0.2) is 18.2 Å². The average molecular weight is 120 g/mol. The summed E-state index contributed by atoms with van der Waals surface area (Å²) in [6.07, 6.45) is 0. The topological polar surface area (TPSA) is 9.23 Å². The van der Waals surface area contributed by atoms with Gasteiger partial charge in [-0.05, 0) is 37.3 Å². The number of rotatable bonds is 2. The van der Waals surface area contributed by atoms with Gasteiger partial charge in [-0.1, -0.05) is 0 Å². The predicted octanol–water partition coefficient (Wildman–Crippen LogP) is 1.69. The standard InChI is InChI=1S/C8H8O/c1-2-9-8-6-4-3-5-7-8/h3,6-7H,2H2,1H3. The molecular formula is C8H8O. The van der Waals surface area contributed by atoms with E-state index in [1.54, 1.807) is 18.2 Å². The predicted molar refractivity (Wildman–Crippen MR) is 35.3 cm³/mol. The molecule has 0 unspecified atom stereocenters. The van der Waals surface area contributed by atoms with Gasteiger partial charge in [-0.15, -0.1) is 0 Å². The number of hydrogen-bond acceptors (Lipinski definition) is 1. The van der Waals surface area contributed by atoms with E-state index in [2.05, 4.69) is 12.1 Å². The van der Waals surface area contributed by atoms with Gasteiger partial charge in [-0.3, -0.25) is 0 Å². The van der Waals surface area contributed by atoms with Crippen LogP contribution in [0, 0.1) is 12.1 Å². The fourth-order valence-electron chi connectivity index (χ4n) is 0.587. The first-order chi connectivity index (χ1) is 4.43. The molecule has 1 nitrogen and oxygen atoms in total. The van der Waals surface area contributed by atoms with Gasteiger partial charge in [0.25, 0.3) is 0 Å². The maximum atomic E-state index is 5.14. The number of ether oxygens (including phenoxy) is 1. The molecule has 0 aliphatic heterocycles. The summed E-state index contributed by atoms with van der Waals surface area (Å²) in [4.78, 5) is 0. The molecule has 0 amide bonds. The molecule has 2 radical (unpaired) electrons. The van der Waals surface area contributed by atoms with E-state index in [9.17, 15) is 0 Å². The molecule has 1 rings (SSSR count). The highest BCUT2D eigenvalue weighted by Crippen LogP contribution is 2.05. The molecule has 0 bridgehead atoms. The van der Waals surface area contributed by atoms with Crippen molar-refractivity contribution in [1.29, 1.82) is 0 Å². The van der Waals surface area contributed by atoms with Gasteiger partial charge in [0.05, 0.1) is 6.61 Å². The van der Waals surface area contributed by atoms with Crippen molar-refractivity contribution in [1.82, 2.24) is 0 Å². The summed E-state index contributed by atoms with van der Waals surface area (Å²) in [6.45, 7) is 2.65. The summed E-state index contributed by atoms with van der Waals surface area (Å²) in [7, 11) is 0. The third-order valence-electron chi connectivity index (χ3n) is 0.929. The SMILES string of the molecule is CCOc1c[c]c[c]c1. The van der Waals surface area contributed by atoms with E-state index >= 15 is 0 Å². The molecule has 0 N–H and O–H groups in total. The molecule has 0 saturated carbocycles. The van der Waals surface area contributed by atoms with E-state index in [0.29, 0.717) is 6.61 Å². The van der Waals surface area contributed by atoms with Crippen LogP contribution in [0.1, 0.15) is 6.92 Å². The highest BCUT2D eigenvalue weighted by Gasteiger charge is 1.84. The van der Waals surface area contributed by atoms with Crippen LogP contribution in [0.4, 0.5) is 0 Å². The van der Waals surface area contributed by atoms with Crippen LogP contribution < -0.4 is 4.74 Å². The van der Waals surface area contributed by atoms with Crippen molar-refractivity contribution in [3.8, 4) is 5.75 Å². The van der Waals surface area contributed by atoms with Crippen LogP contribution in [0.25, 0.3) is 0 Å². The first-order valence-corrected chi connectivity index (χ1v) is 2.93. The second-order valence-corrected chi connectivity index (χ2v) is 1.60. The lowest BCUT2D eigenvalue weighted by Gasteiger charge is -1.98. The molecule has 1 aromatic carbocycles. The van der Waals surface area contributed by atoms with E-state index in [1.165, 1.54) is 0 Å². The van der Waals surface area contributed by atoms with Crippen molar-refractivity contribution in [2.45, 2.75) is 6.92 Å². The van der Waals surface area contributed by atoms with Crippen molar-refractivity contribution in [3.05, 3.63) is 30.3 Å². The van der Waals surface area contributed by atoms with E-state index < -0.39 is 0 Å². The Bertz CT molecular complexity index is 157. The molecular weight excluding hydrogens is 112 g/mol. The number of benzene rings is 1. The van der Waals surface area contributed by atoms with Crippen LogP contribution >= 0.6 is 0 Å². The third kappa shape index (κ3) is 1.76. The molecule has 1 aromatic rings. The second kappa shape index (κ2) is 3.13. The lowest BCUT2D eigenvalue weighted by Crippen LogP contribution is -1.89. The Labute approximate surface area is 55.3 Å².